The fraction of sp³-hybridized carbons (Fsp3) is 0.400. The molecule has 1 aliphatic rings. The van der Waals surface area contributed by atoms with Gasteiger partial charge in [-0.15, -0.1) is 0 Å². The smallest absolute Gasteiger partial charge is 0.338 e. The van der Waals surface area contributed by atoms with Crippen molar-refractivity contribution in [3.05, 3.63) is 23.7 Å². The topological polar surface area (TPSA) is 79.5 Å². The average Bonchev–Trinajstić information content (AvgIpc) is 2.88. The summed E-state index contributed by atoms with van der Waals surface area (Å²) in [7, 11) is 0. The third-order valence-corrected chi connectivity index (χ3v) is 2.32. The molecule has 5 nitrogen and oxygen atoms in total. The first kappa shape index (κ1) is 9.76. The highest BCUT2D eigenvalue weighted by Gasteiger charge is 2.22. The zero-order valence-electron chi connectivity index (χ0n) is 8.03. The highest BCUT2D eigenvalue weighted by atomic mass is 16.4. The number of carbonyl (C=O) groups excluding carboxylic acids is 1. The first-order valence-corrected chi connectivity index (χ1v) is 4.77. The van der Waals surface area contributed by atoms with Crippen LogP contribution in [-0.2, 0) is 0 Å². The lowest BCUT2D eigenvalue weighted by Crippen LogP contribution is -2.25. The highest BCUT2D eigenvalue weighted by Crippen LogP contribution is 2.27. The number of hydrogen-bond acceptors (Lipinski definition) is 3. The van der Waals surface area contributed by atoms with Crippen molar-refractivity contribution in [3.8, 4) is 0 Å². The van der Waals surface area contributed by atoms with Crippen LogP contribution in [0.1, 0.15) is 33.8 Å². The second-order valence-electron chi connectivity index (χ2n) is 3.66. The lowest BCUT2D eigenvalue weighted by molar-refractivity contribution is 0.0696. The Kier molecular flexibility index (Phi) is 2.45. The highest BCUT2D eigenvalue weighted by molar-refractivity contribution is 5.95. The standard InChI is InChI=1S/C10H11NO4/c12-9(11-4-6-1-2-6)8-3-7(5-15-8)10(13)14/h3,5-6H,1-2,4H2,(H,11,12)(H,13,14). The van der Waals surface area contributed by atoms with Crippen molar-refractivity contribution in [2.75, 3.05) is 6.54 Å². The maximum atomic E-state index is 11.4. The van der Waals surface area contributed by atoms with E-state index in [9.17, 15) is 9.59 Å². The van der Waals surface area contributed by atoms with Gasteiger partial charge in [0.1, 0.15) is 6.26 Å². The molecule has 1 fully saturated rings. The molecule has 0 unspecified atom stereocenters. The predicted molar refractivity (Wildman–Crippen MR) is 50.7 cm³/mol. The molecule has 0 aromatic carbocycles. The first-order chi connectivity index (χ1) is 7.16. The third-order valence-electron chi connectivity index (χ3n) is 2.32. The van der Waals surface area contributed by atoms with Crippen LogP contribution in [0.2, 0.25) is 0 Å². The molecular formula is C10H11NO4. The number of aromatic carboxylic acids is 1. The molecule has 1 aliphatic carbocycles. The SMILES string of the molecule is O=C(O)c1coc(C(=O)NCC2CC2)c1. The molecule has 80 valence electrons. The molecule has 1 aromatic heterocycles. The Morgan fingerprint density at radius 2 is 2.27 bits per heavy atom. The monoisotopic (exact) mass is 209 g/mol. The summed E-state index contributed by atoms with van der Waals surface area (Å²) in [6.07, 6.45) is 3.37. The number of carboxylic acid groups (broad SMARTS) is 1. The van der Waals surface area contributed by atoms with E-state index in [1.807, 2.05) is 0 Å². The van der Waals surface area contributed by atoms with Crippen molar-refractivity contribution in [1.82, 2.24) is 5.32 Å². The fourth-order valence-electron chi connectivity index (χ4n) is 1.21. The molecule has 0 atom stereocenters. The molecule has 0 saturated heterocycles. The summed E-state index contributed by atoms with van der Waals surface area (Å²) in [4.78, 5) is 21.9. The minimum Gasteiger partial charge on any atom is -0.478 e. The van der Waals surface area contributed by atoms with E-state index in [0.29, 0.717) is 12.5 Å². The van der Waals surface area contributed by atoms with Crippen LogP contribution in [0.25, 0.3) is 0 Å². The zero-order chi connectivity index (χ0) is 10.8. The van der Waals surface area contributed by atoms with Crippen LogP contribution in [0.15, 0.2) is 16.7 Å². The van der Waals surface area contributed by atoms with Gasteiger partial charge in [-0.3, -0.25) is 4.79 Å². The Balaban J connectivity index is 1.94. The molecular weight excluding hydrogens is 198 g/mol. The molecule has 1 amide bonds. The summed E-state index contributed by atoms with van der Waals surface area (Å²) in [5.41, 5.74) is -0.00780. The van der Waals surface area contributed by atoms with E-state index in [-0.39, 0.29) is 17.2 Å². The van der Waals surface area contributed by atoms with Crippen molar-refractivity contribution in [2.45, 2.75) is 12.8 Å². The molecule has 1 saturated carbocycles. The number of carbonyl (C=O) groups is 2. The molecule has 1 aromatic rings. The summed E-state index contributed by atoms with van der Waals surface area (Å²) in [6, 6.07) is 1.23. The van der Waals surface area contributed by atoms with Crippen LogP contribution in [-0.4, -0.2) is 23.5 Å². The molecule has 15 heavy (non-hydrogen) atoms. The van der Waals surface area contributed by atoms with Crippen LogP contribution in [0, 0.1) is 5.92 Å². The molecule has 1 heterocycles. The van der Waals surface area contributed by atoms with Gasteiger partial charge in [-0.05, 0) is 18.8 Å². The van der Waals surface area contributed by atoms with E-state index in [0.717, 1.165) is 19.1 Å². The van der Waals surface area contributed by atoms with Crippen LogP contribution in [0.3, 0.4) is 0 Å². The Bertz CT molecular complexity index is 392. The predicted octanol–water partition coefficient (Wildman–Crippen LogP) is 1.12. The molecule has 0 bridgehead atoms. The van der Waals surface area contributed by atoms with Crippen molar-refractivity contribution >= 4 is 11.9 Å². The fourth-order valence-corrected chi connectivity index (χ4v) is 1.21. The van der Waals surface area contributed by atoms with Gasteiger partial charge in [-0.1, -0.05) is 0 Å². The largest absolute Gasteiger partial charge is 0.478 e. The van der Waals surface area contributed by atoms with E-state index in [1.165, 1.54) is 6.07 Å². The van der Waals surface area contributed by atoms with Gasteiger partial charge in [0.05, 0.1) is 5.56 Å². The number of rotatable bonds is 4. The van der Waals surface area contributed by atoms with Gasteiger partial charge in [0, 0.05) is 12.6 Å². The minimum absolute atomic E-state index is 0.00780. The Morgan fingerprint density at radius 1 is 1.53 bits per heavy atom. The summed E-state index contributed by atoms with van der Waals surface area (Å²) in [6.45, 7) is 0.641. The molecule has 5 heteroatoms. The summed E-state index contributed by atoms with van der Waals surface area (Å²) >= 11 is 0. The molecule has 0 spiro atoms. The van der Waals surface area contributed by atoms with Gasteiger partial charge in [-0.25, -0.2) is 4.79 Å². The van der Waals surface area contributed by atoms with Gasteiger partial charge in [-0.2, -0.15) is 0 Å². The van der Waals surface area contributed by atoms with Crippen molar-refractivity contribution < 1.29 is 19.1 Å². The lowest BCUT2D eigenvalue weighted by atomic mass is 10.3. The van der Waals surface area contributed by atoms with E-state index < -0.39 is 5.97 Å². The maximum Gasteiger partial charge on any atom is 0.338 e. The first-order valence-electron chi connectivity index (χ1n) is 4.77. The minimum atomic E-state index is -1.10. The second-order valence-corrected chi connectivity index (χ2v) is 3.66. The number of furan rings is 1. The quantitative estimate of drug-likeness (QED) is 0.778. The second kappa shape index (κ2) is 3.76. The molecule has 0 radical (unpaired) electrons. The zero-order valence-corrected chi connectivity index (χ0v) is 8.03. The Hall–Kier alpha value is -1.78. The number of carboxylic acids is 1. The number of nitrogens with one attached hydrogen (secondary N) is 1. The van der Waals surface area contributed by atoms with Crippen LogP contribution >= 0.6 is 0 Å². The Labute approximate surface area is 86.1 Å². The molecule has 2 N–H and O–H groups in total. The van der Waals surface area contributed by atoms with Crippen LogP contribution < -0.4 is 5.32 Å². The van der Waals surface area contributed by atoms with Crippen molar-refractivity contribution in [1.29, 1.82) is 0 Å². The van der Waals surface area contributed by atoms with E-state index >= 15 is 0 Å². The van der Waals surface area contributed by atoms with Crippen molar-refractivity contribution in [3.63, 3.8) is 0 Å². The van der Waals surface area contributed by atoms with Gasteiger partial charge in [0.2, 0.25) is 0 Å². The van der Waals surface area contributed by atoms with Gasteiger partial charge < -0.3 is 14.8 Å². The maximum absolute atomic E-state index is 11.4. The van der Waals surface area contributed by atoms with Crippen molar-refractivity contribution in [2.24, 2.45) is 5.92 Å². The van der Waals surface area contributed by atoms with Gasteiger partial charge >= 0.3 is 5.97 Å². The average molecular weight is 209 g/mol. The third kappa shape index (κ3) is 2.37. The van der Waals surface area contributed by atoms with Crippen LogP contribution in [0.4, 0.5) is 0 Å². The van der Waals surface area contributed by atoms with E-state index in [1.54, 1.807) is 0 Å². The summed E-state index contributed by atoms with van der Waals surface area (Å²) in [5, 5.41) is 11.3. The van der Waals surface area contributed by atoms with E-state index in [4.69, 9.17) is 9.52 Å². The normalized spacial score (nSPS) is 14.9. The number of hydrogen-bond donors (Lipinski definition) is 2. The van der Waals surface area contributed by atoms with E-state index in [2.05, 4.69) is 5.32 Å². The summed E-state index contributed by atoms with van der Waals surface area (Å²) < 4.78 is 4.85. The summed E-state index contributed by atoms with van der Waals surface area (Å²) in [5.74, 6) is -0.815. The molecule has 2 rings (SSSR count). The number of amides is 1. The van der Waals surface area contributed by atoms with Crippen LogP contribution in [0.5, 0.6) is 0 Å². The van der Waals surface area contributed by atoms with Gasteiger partial charge in [0.25, 0.3) is 5.91 Å². The lowest BCUT2D eigenvalue weighted by Gasteiger charge is -1.99. The van der Waals surface area contributed by atoms with Gasteiger partial charge in [0.15, 0.2) is 5.76 Å². The molecule has 0 aliphatic heterocycles. The Morgan fingerprint density at radius 3 is 2.80 bits per heavy atom.